The molecular weight excluding hydrogens is 210 g/mol. The normalized spacial score (nSPS) is 30.4. The zero-order valence-electron chi connectivity index (χ0n) is 9.22. The summed E-state index contributed by atoms with van der Waals surface area (Å²) in [6, 6.07) is -0.623. The van der Waals surface area contributed by atoms with Crippen LogP contribution in [0.15, 0.2) is 0 Å². The van der Waals surface area contributed by atoms with Crippen molar-refractivity contribution in [1.82, 2.24) is 4.90 Å². The Hall–Kier alpha value is -1.10. The summed E-state index contributed by atoms with van der Waals surface area (Å²) < 4.78 is 5.17. The Kier molecular flexibility index (Phi) is 3.43. The number of carboxylic acid groups (broad SMARTS) is 1. The zero-order valence-corrected chi connectivity index (χ0v) is 9.22. The van der Waals surface area contributed by atoms with Crippen LogP contribution in [0.2, 0.25) is 0 Å². The number of nitrogens with zero attached hydrogens (tertiary/aromatic N) is 1. The summed E-state index contributed by atoms with van der Waals surface area (Å²) in [5.41, 5.74) is 0. The Morgan fingerprint density at radius 3 is 2.69 bits per heavy atom. The van der Waals surface area contributed by atoms with Gasteiger partial charge in [-0.1, -0.05) is 0 Å². The fourth-order valence-corrected chi connectivity index (χ4v) is 2.42. The standard InChI is InChI=1S/C11H17NO4/c13-10(8-4-6-16-7-8)12-5-2-1-3-9(12)11(14)15/h8-9H,1-7H2,(H,14,15)/t8?,9-/m0/s1. The quantitative estimate of drug-likeness (QED) is 0.745. The van der Waals surface area contributed by atoms with Gasteiger partial charge < -0.3 is 14.7 Å². The summed E-state index contributed by atoms with van der Waals surface area (Å²) in [7, 11) is 0. The summed E-state index contributed by atoms with van der Waals surface area (Å²) in [5.74, 6) is -1.04. The predicted octanol–water partition coefficient (Wildman–Crippen LogP) is 0.489. The molecule has 1 unspecified atom stereocenters. The van der Waals surface area contributed by atoms with Crippen molar-refractivity contribution in [2.45, 2.75) is 31.7 Å². The molecule has 5 heteroatoms. The molecule has 0 aromatic carbocycles. The van der Waals surface area contributed by atoms with E-state index in [-0.39, 0.29) is 11.8 Å². The van der Waals surface area contributed by atoms with Gasteiger partial charge in [0.25, 0.3) is 0 Å². The molecule has 2 saturated heterocycles. The van der Waals surface area contributed by atoms with Crippen molar-refractivity contribution in [2.75, 3.05) is 19.8 Å². The third kappa shape index (κ3) is 2.19. The number of carbonyl (C=O) groups excluding carboxylic acids is 1. The summed E-state index contributed by atoms with van der Waals surface area (Å²) in [5, 5.41) is 9.08. The molecule has 2 aliphatic rings. The highest BCUT2D eigenvalue weighted by atomic mass is 16.5. The van der Waals surface area contributed by atoms with Crippen LogP contribution in [-0.4, -0.2) is 47.7 Å². The van der Waals surface area contributed by atoms with Gasteiger partial charge >= 0.3 is 5.97 Å². The molecule has 1 N–H and O–H groups in total. The molecule has 0 spiro atoms. The lowest BCUT2D eigenvalue weighted by atomic mass is 9.99. The molecule has 2 aliphatic heterocycles. The third-order valence-electron chi connectivity index (χ3n) is 3.35. The van der Waals surface area contributed by atoms with Crippen molar-refractivity contribution >= 4 is 11.9 Å². The van der Waals surface area contributed by atoms with Crippen molar-refractivity contribution in [1.29, 1.82) is 0 Å². The van der Waals surface area contributed by atoms with Gasteiger partial charge in [0.1, 0.15) is 6.04 Å². The van der Waals surface area contributed by atoms with Crippen molar-refractivity contribution in [3.8, 4) is 0 Å². The number of hydrogen-bond donors (Lipinski definition) is 1. The third-order valence-corrected chi connectivity index (χ3v) is 3.35. The Bertz CT molecular complexity index is 286. The van der Waals surface area contributed by atoms with Crippen LogP contribution in [0.1, 0.15) is 25.7 Å². The van der Waals surface area contributed by atoms with Gasteiger partial charge in [-0.15, -0.1) is 0 Å². The van der Waals surface area contributed by atoms with Crippen LogP contribution in [-0.2, 0) is 14.3 Å². The number of rotatable bonds is 2. The number of ether oxygens (including phenoxy) is 1. The first-order valence-electron chi connectivity index (χ1n) is 5.81. The monoisotopic (exact) mass is 227 g/mol. The fourth-order valence-electron chi connectivity index (χ4n) is 2.42. The van der Waals surface area contributed by atoms with Gasteiger partial charge in [-0.05, 0) is 25.7 Å². The molecule has 1 amide bonds. The van der Waals surface area contributed by atoms with Crippen LogP contribution in [0.25, 0.3) is 0 Å². The lowest BCUT2D eigenvalue weighted by Crippen LogP contribution is -2.50. The van der Waals surface area contributed by atoms with Gasteiger partial charge in [0.2, 0.25) is 5.91 Å². The number of carboxylic acids is 1. The SMILES string of the molecule is O=C(O)[C@@H]1CCCCN1C(=O)C1CCOC1. The lowest BCUT2D eigenvalue weighted by Gasteiger charge is -2.34. The lowest BCUT2D eigenvalue weighted by molar-refractivity contribution is -0.153. The van der Waals surface area contributed by atoms with Crippen molar-refractivity contribution in [2.24, 2.45) is 5.92 Å². The van der Waals surface area contributed by atoms with E-state index < -0.39 is 12.0 Å². The summed E-state index contributed by atoms with van der Waals surface area (Å²) in [6.45, 7) is 1.63. The van der Waals surface area contributed by atoms with Gasteiger partial charge in [-0.3, -0.25) is 4.79 Å². The average Bonchev–Trinajstić information content (AvgIpc) is 2.81. The maximum Gasteiger partial charge on any atom is 0.326 e. The molecule has 2 heterocycles. The number of carbonyl (C=O) groups is 2. The van der Waals surface area contributed by atoms with E-state index in [1.165, 1.54) is 4.90 Å². The molecule has 2 atom stereocenters. The van der Waals surface area contributed by atoms with E-state index in [9.17, 15) is 9.59 Å². The predicted molar refractivity (Wildman–Crippen MR) is 55.9 cm³/mol. The maximum atomic E-state index is 12.1. The van der Waals surface area contributed by atoms with E-state index in [1.807, 2.05) is 0 Å². The van der Waals surface area contributed by atoms with Crippen LogP contribution in [0.5, 0.6) is 0 Å². The Balaban J connectivity index is 2.04. The summed E-state index contributed by atoms with van der Waals surface area (Å²) in [4.78, 5) is 24.7. The molecule has 0 radical (unpaired) electrons. The topological polar surface area (TPSA) is 66.8 Å². The van der Waals surface area contributed by atoms with E-state index in [0.29, 0.717) is 26.2 Å². The number of hydrogen-bond acceptors (Lipinski definition) is 3. The average molecular weight is 227 g/mol. The zero-order chi connectivity index (χ0) is 11.5. The molecule has 0 saturated carbocycles. The highest BCUT2D eigenvalue weighted by molar-refractivity contribution is 5.85. The summed E-state index contributed by atoms with van der Waals surface area (Å²) >= 11 is 0. The smallest absolute Gasteiger partial charge is 0.326 e. The molecule has 16 heavy (non-hydrogen) atoms. The van der Waals surface area contributed by atoms with Crippen LogP contribution in [0, 0.1) is 5.92 Å². The van der Waals surface area contributed by atoms with Crippen molar-refractivity contribution in [3.05, 3.63) is 0 Å². The van der Waals surface area contributed by atoms with Crippen LogP contribution < -0.4 is 0 Å². The number of amides is 1. The van der Waals surface area contributed by atoms with Gasteiger partial charge in [0.15, 0.2) is 0 Å². The van der Waals surface area contributed by atoms with E-state index in [0.717, 1.165) is 19.3 Å². The second-order valence-electron chi connectivity index (χ2n) is 4.44. The number of piperidine rings is 1. The molecule has 0 aromatic rings. The van der Waals surface area contributed by atoms with Gasteiger partial charge in [0, 0.05) is 13.2 Å². The molecule has 0 aromatic heterocycles. The first-order valence-corrected chi connectivity index (χ1v) is 5.81. The van der Waals surface area contributed by atoms with E-state index in [4.69, 9.17) is 9.84 Å². The number of likely N-dealkylation sites (tertiary alicyclic amines) is 1. The fraction of sp³-hybridized carbons (Fsp3) is 0.818. The van der Waals surface area contributed by atoms with E-state index in [1.54, 1.807) is 0 Å². The van der Waals surface area contributed by atoms with Gasteiger partial charge in [-0.25, -0.2) is 4.79 Å². The number of aliphatic carboxylic acids is 1. The minimum absolute atomic E-state index is 0.0374. The molecule has 0 aliphatic carbocycles. The second kappa shape index (κ2) is 4.82. The largest absolute Gasteiger partial charge is 0.480 e. The van der Waals surface area contributed by atoms with Gasteiger partial charge in [0.05, 0.1) is 12.5 Å². The minimum atomic E-state index is -0.882. The van der Waals surface area contributed by atoms with Gasteiger partial charge in [-0.2, -0.15) is 0 Å². The molecule has 2 fully saturated rings. The molecular formula is C11H17NO4. The Labute approximate surface area is 94.4 Å². The maximum absolute atomic E-state index is 12.1. The first kappa shape index (κ1) is 11.4. The van der Waals surface area contributed by atoms with Crippen molar-refractivity contribution < 1.29 is 19.4 Å². The summed E-state index contributed by atoms with van der Waals surface area (Å²) in [6.07, 6.45) is 3.10. The highest BCUT2D eigenvalue weighted by Gasteiger charge is 2.36. The van der Waals surface area contributed by atoms with Crippen LogP contribution in [0.4, 0.5) is 0 Å². The van der Waals surface area contributed by atoms with Crippen molar-refractivity contribution in [3.63, 3.8) is 0 Å². The molecule has 90 valence electrons. The highest BCUT2D eigenvalue weighted by Crippen LogP contribution is 2.23. The first-order chi connectivity index (χ1) is 7.70. The molecule has 5 nitrogen and oxygen atoms in total. The Morgan fingerprint density at radius 1 is 1.25 bits per heavy atom. The van der Waals surface area contributed by atoms with Crippen LogP contribution >= 0.6 is 0 Å². The molecule has 2 rings (SSSR count). The minimum Gasteiger partial charge on any atom is -0.480 e. The van der Waals surface area contributed by atoms with Crippen LogP contribution in [0.3, 0.4) is 0 Å². The second-order valence-corrected chi connectivity index (χ2v) is 4.44. The molecule has 0 bridgehead atoms. The van der Waals surface area contributed by atoms with E-state index >= 15 is 0 Å². The Morgan fingerprint density at radius 2 is 2.06 bits per heavy atom. The van der Waals surface area contributed by atoms with E-state index in [2.05, 4.69) is 0 Å².